The number of benzene rings is 1. The van der Waals surface area contributed by atoms with Crippen LogP contribution in [0.25, 0.3) is 11.3 Å². The fourth-order valence-electron chi connectivity index (χ4n) is 2.83. The highest BCUT2D eigenvalue weighted by molar-refractivity contribution is 7.99. The molecular weight excluding hydrogens is 424 g/mol. The second-order valence-corrected chi connectivity index (χ2v) is 8.01. The molecule has 0 aliphatic heterocycles. The van der Waals surface area contributed by atoms with Gasteiger partial charge in [-0.05, 0) is 48.5 Å². The molecular formula is C21H19ClN4O3S. The van der Waals surface area contributed by atoms with Gasteiger partial charge in [-0.1, -0.05) is 23.4 Å². The van der Waals surface area contributed by atoms with Gasteiger partial charge in [-0.25, -0.2) is 0 Å². The van der Waals surface area contributed by atoms with Crippen LogP contribution in [0.15, 0.2) is 75.1 Å². The first kappa shape index (κ1) is 20.3. The number of aromatic nitrogens is 3. The Morgan fingerprint density at radius 2 is 2.00 bits per heavy atom. The lowest BCUT2D eigenvalue weighted by molar-refractivity contribution is -0.127. The predicted octanol–water partition coefficient (Wildman–Crippen LogP) is 4.58. The monoisotopic (exact) mass is 442 g/mol. The molecule has 9 heteroatoms. The summed E-state index contributed by atoms with van der Waals surface area (Å²) in [5.41, 5.74) is 0.936. The molecule has 7 nitrogen and oxygen atoms in total. The fourth-order valence-corrected chi connectivity index (χ4v) is 3.81. The maximum absolute atomic E-state index is 12.6. The minimum absolute atomic E-state index is 0.0306. The highest BCUT2D eigenvalue weighted by Crippen LogP contribution is 2.24. The van der Waals surface area contributed by atoms with Crippen LogP contribution in [0.4, 0.5) is 0 Å². The molecule has 0 fully saturated rings. The first-order valence-corrected chi connectivity index (χ1v) is 10.6. The van der Waals surface area contributed by atoms with Crippen molar-refractivity contribution < 1.29 is 13.6 Å². The normalized spacial score (nSPS) is 11.0. The molecule has 0 radical (unpaired) electrons. The third kappa shape index (κ3) is 4.95. The zero-order chi connectivity index (χ0) is 20.9. The van der Waals surface area contributed by atoms with Gasteiger partial charge >= 0.3 is 0 Å². The van der Waals surface area contributed by atoms with Crippen LogP contribution in [0, 0.1) is 0 Å². The molecule has 0 atom stereocenters. The van der Waals surface area contributed by atoms with Gasteiger partial charge in [0.2, 0.25) is 5.91 Å². The van der Waals surface area contributed by atoms with Crippen LogP contribution in [-0.4, -0.2) is 38.4 Å². The Balaban J connectivity index is 1.32. The van der Waals surface area contributed by atoms with Crippen LogP contribution in [0.5, 0.6) is 0 Å². The van der Waals surface area contributed by atoms with Gasteiger partial charge in [0, 0.05) is 17.6 Å². The van der Waals surface area contributed by atoms with E-state index in [1.54, 1.807) is 24.5 Å². The summed E-state index contributed by atoms with van der Waals surface area (Å²) in [5, 5.41) is 9.36. The molecule has 3 aromatic heterocycles. The van der Waals surface area contributed by atoms with Crippen molar-refractivity contribution in [2.75, 3.05) is 12.8 Å². The van der Waals surface area contributed by atoms with E-state index in [-0.39, 0.29) is 11.7 Å². The Morgan fingerprint density at radius 1 is 1.17 bits per heavy atom. The molecule has 0 N–H and O–H groups in total. The van der Waals surface area contributed by atoms with Gasteiger partial charge in [-0.3, -0.25) is 4.79 Å². The van der Waals surface area contributed by atoms with E-state index in [1.807, 2.05) is 53.1 Å². The van der Waals surface area contributed by atoms with Crippen molar-refractivity contribution in [1.82, 2.24) is 19.7 Å². The van der Waals surface area contributed by atoms with Crippen LogP contribution in [-0.2, 0) is 17.9 Å². The smallest absolute Gasteiger partial charge is 0.233 e. The largest absolute Gasteiger partial charge is 0.467 e. The number of rotatable bonds is 8. The maximum atomic E-state index is 12.6. The number of halogens is 1. The third-order valence-corrected chi connectivity index (χ3v) is 5.64. The third-order valence-electron chi connectivity index (χ3n) is 4.42. The molecule has 3 heterocycles. The van der Waals surface area contributed by atoms with Crippen LogP contribution < -0.4 is 0 Å². The molecule has 0 spiro atoms. The average Bonchev–Trinajstić information content (AvgIpc) is 3.50. The van der Waals surface area contributed by atoms with Crippen molar-refractivity contribution in [3.63, 3.8) is 0 Å². The average molecular weight is 443 g/mol. The van der Waals surface area contributed by atoms with Gasteiger partial charge in [0.1, 0.15) is 23.6 Å². The maximum Gasteiger partial charge on any atom is 0.233 e. The topological polar surface area (TPSA) is 77.3 Å². The number of carbonyl (C=O) groups excluding carboxylic acids is 1. The second kappa shape index (κ2) is 9.23. The van der Waals surface area contributed by atoms with Gasteiger partial charge in [0.25, 0.3) is 0 Å². The SMILES string of the molecule is CN(Cc1ccc(-c2ccc(Cl)cc2)o1)C(=O)CSc1nncn1Cc1ccco1. The molecule has 0 saturated heterocycles. The highest BCUT2D eigenvalue weighted by Gasteiger charge is 2.15. The number of carbonyl (C=O) groups is 1. The minimum atomic E-state index is -0.0306. The number of hydrogen-bond acceptors (Lipinski definition) is 6. The Labute approximate surface area is 182 Å². The number of nitrogens with zero attached hydrogens (tertiary/aromatic N) is 4. The minimum Gasteiger partial charge on any atom is -0.467 e. The highest BCUT2D eigenvalue weighted by atomic mass is 35.5. The number of hydrogen-bond donors (Lipinski definition) is 0. The number of thioether (sulfide) groups is 1. The quantitative estimate of drug-likeness (QED) is 0.371. The van der Waals surface area contributed by atoms with Gasteiger partial charge < -0.3 is 18.3 Å². The lowest BCUT2D eigenvalue weighted by Crippen LogP contribution is -2.27. The Kier molecular flexibility index (Phi) is 6.25. The summed E-state index contributed by atoms with van der Waals surface area (Å²) >= 11 is 7.27. The van der Waals surface area contributed by atoms with E-state index >= 15 is 0 Å². The predicted molar refractivity (Wildman–Crippen MR) is 114 cm³/mol. The molecule has 154 valence electrons. The Morgan fingerprint density at radius 3 is 2.77 bits per heavy atom. The molecule has 0 aliphatic rings. The second-order valence-electron chi connectivity index (χ2n) is 6.63. The van der Waals surface area contributed by atoms with E-state index in [0.717, 1.165) is 17.1 Å². The molecule has 4 aromatic rings. The first-order chi connectivity index (χ1) is 14.6. The molecule has 1 amide bonds. The summed E-state index contributed by atoms with van der Waals surface area (Å²) in [7, 11) is 1.75. The van der Waals surface area contributed by atoms with Crippen molar-refractivity contribution >= 4 is 29.3 Å². The summed E-state index contributed by atoms with van der Waals surface area (Å²) in [5.74, 6) is 2.47. The number of furan rings is 2. The van der Waals surface area contributed by atoms with E-state index in [0.29, 0.717) is 29.0 Å². The first-order valence-electron chi connectivity index (χ1n) is 9.20. The van der Waals surface area contributed by atoms with E-state index in [2.05, 4.69) is 10.2 Å². The summed E-state index contributed by atoms with van der Waals surface area (Å²) in [4.78, 5) is 14.2. The van der Waals surface area contributed by atoms with Crippen molar-refractivity contribution in [2.45, 2.75) is 18.2 Å². The number of amides is 1. The molecule has 0 unspecified atom stereocenters. The standard InChI is InChI=1S/C21H19ClN4O3S/c1-25(11-18-8-9-19(29-18)15-4-6-16(22)7-5-15)20(27)13-30-21-24-23-14-26(21)12-17-3-2-10-28-17/h2-10,14H,11-13H2,1H3. The molecule has 0 bridgehead atoms. The zero-order valence-electron chi connectivity index (χ0n) is 16.2. The molecule has 0 saturated carbocycles. The van der Waals surface area contributed by atoms with Crippen molar-refractivity contribution in [2.24, 2.45) is 0 Å². The van der Waals surface area contributed by atoms with Crippen LogP contribution in [0.3, 0.4) is 0 Å². The van der Waals surface area contributed by atoms with Crippen LogP contribution in [0.1, 0.15) is 11.5 Å². The summed E-state index contributed by atoms with van der Waals surface area (Å²) < 4.78 is 13.1. The molecule has 1 aromatic carbocycles. The van der Waals surface area contributed by atoms with Gasteiger partial charge in [0.05, 0.1) is 25.1 Å². The Hall–Kier alpha value is -2.97. The van der Waals surface area contributed by atoms with E-state index in [1.165, 1.54) is 11.8 Å². The molecule has 0 aliphatic carbocycles. The van der Waals surface area contributed by atoms with Crippen molar-refractivity contribution in [1.29, 1.82) is 0 Å². The summed E-state index contributed by atoms with van der Waals surface area (Å²) in [6.07, 6.45) is 3.25. The van der Waals surface area contributed by atoms with E-state index in [9.17, 15) is 4.79 Å². The van der Waals surface area contributed by atoms with Gasteiger partial charge in [-0.2, -0.15) is 0 Å². The van der Waals surface area contributed by atoms with E-state index in [4.69, 9.17) is 20.4 Å². The van der Waals surface area contributed by atoms with Crippen molar-refractivity contribution in [3.8, 4) is 11.3 Å². The van der Waals surface area contributed by atoms with Crippen molar-refractivity contribution in [3.05, 3.63) is 77.7 Å². The lowest BCUT2D eigenvalue weighted by atomic mass is 10.2. The van der Waals surface area contributed by atoms with Gasteiger partial charge in [0.15, 0.2) is 5.16 Å². The lowest BCUT2D eigenvalue weighted by Gasteiger charge is -2.15. The van der Waals surface area contributed by atoms with Crippen LogP contribution in [0.2, 0.25) is 5.02 Å². The summed E-state index contributed by atoms with van der Waals surface area (Å²) in [6.45, 7) is 0.901. The molecule has 4 rings (SSSR count). The van der Waals surface area contributed by atoms with Gasteiger partial charge in [-0.15, -0.1) is 10.2 Å². The molecule has 30 heavy (non-hydrogen) atoms. The van der Waals surface area contributed by atoms with E-state index < -0.39 is 0 Å². The summed E-state index contributed by atoms with van der Waals surface area (Å²) in [6, 6.07) is 14.9. The zero-order valence-corrected chi connectivity index (χ0v) is 17.8. The fraction of sp³-hybridized carbons (Fsp3) is 0.190. The Bertz CT molecular complexity index is 1110. The van der Waals surface area contributed by atoms with Crippen LogP contribution >= 0.6 is 23.4 Å².